The Labute approximate surface area is 107 Å². The first-order valence-corrected chi connectivity index (χ1v) is 6.90. The fourth-order valence-corrected chi connectivity index (χ4v) is 2.46. The normalized spacial score (nSPS) is 14.1. The number of nitrogens with one attached hydrogen (secondary N) is 1. The van der Waals surface area contributed by atoms with Gasteiger partial charge in [-0.1, -0.05) is 20.8 Å². The zero-order valence-electron chi connectivity index (χ0n) is 10.9. The molecule has 3 heteroatoms. The maximum atomic E-state index is 4.48. The molecule has 0 aliphatic rings. The Hall–Kier alpha value is -0.930. The van der Waals surface area contributed by atoms with Gasteiger partial charge in [-0.2, -0.15) is 0 Å². The van der Waals surface area contributed by atoms with Crippen LogP contribution in [0.1, 0.15) is 39.3 Å². The lowest BCUT2D eigenvalue weighted by atomic mass is 9.96. The van der Waals surface area contributed by atoms with Crippen LogP contribution in [0.15, 0.2) is 23.7 Å². The summed E-state index contributed by atoms with van der Waals surface area (Å²) < 4.78 is 1.27. The molecular formula is C14H20N2S. The Morgan fingerprint density at radius 2 is 2.18 bits per heavy atom. The van der Waals surface area contributed by atoms with Crippen molar-refractivity contribution in [2.45, 2.75) is 33.7 Å². The number of aromatic nitrogens is 1. The highest BCUT2D eigenvalue weighted by atomic mass is 32.1. The second-order valence-corrected chi connectivity index (χ2v) is 6.68. The van der Waals surface area contributed by atoms with Gasteiger partial charge in [0.2, 0.25) is 0 Å². The minimum Gasteiger partial charge on any atom is -0.310 e. The average molecular weight is 248 g/mol. The molecule has 0 radical (unpaired) electrons. The van der Waals surface area contributed by atoms with E-state index < -0.39 is 0 Å². The van der Waals surface area contributed by atoms with Crippen LogP contribution in [-0.4, -0.2) is 11.5 Å². The number of hydrogen-bond donors (Lipinski definition) is 1. The lowest BCUT2D eigenvalue weighted by molar-refractivity contribution is 0.359. The molecular weight excluding hydrogens is 228 g/mol. The van der Waals surface area contributed by atoms with Gasteiger partial charge in [0.25, 0.3) is 0 Å². The summed E-state index contributed by atoms with van der Waals surface area (Å²) in [6, 6.07) is 4.66. The predicted molar refractivity (Wildman–Crippen MR) is 75.5 cm³/mol. The first kappa shape index (κ1) is 12.5. The third-order valence-electron chi connectivity index (χ3n) is 2.76. The number of fused-ring (bicyclic) bond motifs is 1. The molecule has 92 valence electrons. The van der Waals surface area contributed by atoms with Crippen LogP contribution in [0.3, 0.4) is 0 Å². The van der Waals surface area contributed by atoms with Crippen LogP contribution in [0.5, 0.6) is 0 Å². The van der Waals surface area contributed by atoms with Gasteiger partial charge in [0.1, 0.15) is 0 Å². The molecule has 0 amide bonds. The molecule has 0 saturated carbocycles. The zero-order chi connectivity index (χ0) is 12.5. The molecule has 2 heterocycles. The van der Waals surface area contributed by atoms with Crippen molar-refractivity contribution in [1.29, 1.82) is 0 Å². The molecule has 2 aromatic heterocycles. The lowest BCUT2D eigenvalue weighted by Crippen LogP contribution is -2.29. The molecule has 0 aromatic carbocycles. The summed E-state index contributed by atoms with van der Waals surface area (Å²) in [4.78, 5) is 4.48. The summed E-state index contributed by atoms with van der Waals surface area (Å²) in [6.45, 7) is 9.94. The van der Waals surface area contributed by atoms with Crippen molar-refractivity contribution in [1.82, 2.24) is 10.3 Å². The maximum Gasteiger partial charge on any atom is 0.0809 e. The molecule has 1 atom stereocenters. The zero-order valence-corrected chi connectivity index (χ0v) is 11.8. The first-order chi connectivity index (χ1) is 7.96. The predicted octanol–water partition coefficient (Wildman–Crippen LogP) is 3.99. The molecule has 0 bridgehead atoms. The minimum absolute atomic E-state index is 0.314. The van der Waals surface area contributed by atoms with Crippen molar-refractivity contribution in [3.63, 3.8) is 0 Å². The van der Waals surface area contributed by atoms with Crippen LogP contribution in [0, 0.1) is 5.41 Å². The fraction of sp³-hybridized carbons (Fsp3) is 0.500. The first-order valence-electron chi connectivity index (χ1n) is 6.02. The largest absolute Gasteiger partial charge is 0.310 e. The number of rotatable bonds is 3. The molecule has 1 unspecified atom stereocenters. The molecule has 0 fully saturated rings. The highest BCUT2D eigenvalue weighted by Gasteiger charge is 2.13. The molecule has 2 nitrogen and oxygen atoms in total. The van der Waals surface area contributed by atoms with Crippen molar-refractivity contribution >= 4 is 21.6 Å². The van der Waals surface area contributed by atoms with E-state index in [1.807, 2.05) is 6.20 Å². The maximum absolute atomic E-state index is 4.48. The molecule has 2 aromatic rings. The Balaban J connectivity index is 2.10. The number of hydrogen-bond acceptors (Lipinski definition) is 3. The average Bonchev–Trinajstić information content (AvgIpc) is 2.71. The van der Waals surface area contributed by atoms with E-state index >= 15 is 0 Å². The van der Waals surface area contributed by atoms with E-state index in [-0.39, 0.29) is 0 Å². The lowest BCUT2D eigenvalue weighted by Gasteiger charge is -2.22. The van der Waals surface area contributed by atoms with Crippen LogP contribution < -0.4 is 5.32 Å². The summed E-state index contributed by atoms with van der Waals surface area (Å²) in [5.41, 5.74) is 2.68. The van der Waals surface area contributed by atoms with E-state index in [9.17, 15) is 0 Å². The van der Waals surface area contributed by atoms with Gasteiger partial charge in [0, 0.05) is 18.8 Å². The Morgan fingerprint density at radius 3 is 2.88 bits per heavy atom. The van der Waals surface area contributed by atoms with Gasteiger partial charge in [0.15, 0.2) is 0 Å². The van der Waals surface area contributed by atoms with Crippen LogP contribution in [0.4, 0.5) is 0 Å². The van der Waals surface area contributed by atoms with Crippen molar-refractivity contribution in [2.75, 3.05) is 6.54 Å². The van der Waals surface area contributed by atoms with Gasteiger partial charge >= 0.3 is 0 Å². The second kappa shape index (κ2) is 4.75. The quantitative estimate of drug-likeness (QED) is 0.888. The van der Waals surface area contributed by atoms with Crippen molar-refractivity contribution in [3.05, 3.63) is 29.3 Å². The van der Waals surface area contributed by atoms with Crippen LogP contribution in [0.25, 0.3) is 10.2 Å². The van der Waals surface area contributed by atoms with Crippen LogP contribution >= 0.6 is 11.3 Å². The van der Waals surface area contributed by atoms with Crippen molar-refractivity contribution in [2.24, 2.45) is 5.41 Å². The van der Waals surface area contributed by atoms with Crippen LogP contribution in [-0.2, 0) is 0 Å². The topological polar surface area (TPSA) is 24.9 Å². The van der Waals surface area contributed by atoms with Gasteiger partial charge in [0.05, 0.1) is 10.2 Å². The summed E-state index contributed by atoms with van der Waals surface area (Å²) in [5.74, 6) is 0. The Bertz CT molecular complexity index is 496. The van der Waals surface area contributed by atoms with Crippen molar-refractivity contribution in [3.8, 4) is 0 Å². The van der Waals surface area contributed by atoms with Gasteiger partial charge < -0.3 is 5.32 Å². The van der Waals surface area contributed by atoms with Gasteiger partial charge in [-0.25, -0.2) is 0 Å². The summed E-state index contributed by atoms with van der Waals surface area (Å²) in [7, 11) is 0. The molecule has 2 rings (SSSR count). The van der Waals surface area contributed by atoms with E-state index in [2.05, 4.69) is 55.5 Å². The van der Waals surface area contributed by atoms with E-state index in [4.69, 9.17) is 0 Å². The molecule has 0 aliphatic carbocycles. The van der Waals surface area contributed by atoms with Gasteiger partial charge in [-0.3, -0.25) is 4.98 Å². The molecule has 17 heavy (non-hydrogen) atoms. The van der Waals surface area contributed by atoms with Crippen LogP contribution in [0.2, 0.25) is 0 Å². The Morgan fingerprint density at radius 1 is 1.41 bits per heavy atom. The van der Waals surface area contributed by atoms with E-state index in [1.165, 1.54) is 10.3 Å². The van der Waals surface area contributed by atoms with E-state index in [0.29, 0.717) is 11.5 Å². The number of pyridine rings is 1. The van der Waals surface area contributed by atoms with Gasteiger partial charge in [-0.05, 0) is 35.4 Å². The van der Waals surface area contributed by atoms with Gasteiger partial charge in [-0.15, -0.1) is 11.3 Å². The highest BCUT2D eigenvalue weighted by molar-refractivity contribution is 7.17. The number of nitrogens with zero attached hydrogens (tertiary/aromatic N) is 1. The standard InChI is InChI=1S/C14H20N2S/c1-10(16-9-14(2,3)4)11-7-13-12(15-8-11)5-6-17-13/h5-8,10,16H,9H2,1-4H3. The molecule has 0 aliphatic heterocycles. The molecule has 0 spiro atoms. The third-order valence-corrected chi connectivity index (χ3v) is 3.62. The minimum atomic E-state index is 0.314. The SMILES string of the molecule is CC(NCC(C)(C)C)c1cnc2ccsc2c1. The summed E-state index contributed by atoms with van der Waals surface area (Å²) in [6.07, 6.45) is 1.98. The van der Waals surface area contributed by atoms with Crippen molar-refractivity contribution < 1.29 is 0 Å². The third kappa shape index (κ3) is 3.27. The molecule has 1 N–H and O–H groups in total. The summed E-state index contributed by atoms with van der Waals surface area (Å²) in [5, 5.41) is 5.65. The number of thiophene rings is 1. The second-order valence-electron chi connectivity index (χ2n) is 5.74. The molecule has 0 saturated heterocycles. The highest BCUT2D eigenvalue weighted by Crippen LogP contribution is 2.23. The van der Waals surface area contributed by atoms with E-state index in [0.717, 1.165) is 12.1 Å². The fourth-order valence-electron chi connectivity index (χ4n) is 1.68. The summed E-state index contributed by atoms with van der Waals surface area (Å²) >= 11 is 1.75. The monoisotopic (exact) mass is 248 g/mol. The van der Waals surface area contributed by atoms with E-state index in [1.54, 1.807) is 11.3 Å². The Kier molecular flexibility index (Phi) is 3.50. The smallest absolute Gasteiger partial charge is 0.0809 e.